The first-order valence-electron chi connectivity index (χ1n) is 4.36. The number of β-amino-alcohol motifs (C(OH)–C–C–N with tert-alkyl or cyclic N) is 1. The van der Waals surface area contributed by atoms with Crippen molar-refractivity contribution in [3.63, 3.8) is 0 Å². The maximum atomic E-state index is 9.08. The SMILES string of the molecule is OC1CN(C2CCOCC2)C1. The van der Waals surface area contributed by atoms with Crippen molar-refractivity contribution in [1.29, 1.82) is 0 Å². The molecule has 3 nitrogen and oxygen atoms in total. The molecule has 0 bridgehead atoms. The van der Waals surface area contributed by atoms with E-state index in [1.54, 1.807) is 0 Å². The van der Waals surface area contributed by atoms with Crippen molar-refractivity contribution in [2.75, 3.05) is 26.3 Å². The molecule has 0 aromatic heterocycles. The molecule has 0 aromatic rings. The lowest BCUT2D eigenvalue weighted by atomic mass is 10.0. The zero-order valence-electron chi connectivity index (χ0n) is 6.70. The molecule has 0 aliphatic carbocycles. The highest BCUT2D eigenvalue weighted by Gasteiger charge is 2.31. The Hall–Kier alpha value is -0.120. The van der Waals surface area contributed by atoms with Gasteiger partial charge in [-0.2, -0.15) is 0 Å². The van der Waals surface area contributed by atoms with Gasteiger partial charge in [-0.15, -0.1) is 0 Å². The van der Waals surface area contributed by atoms with Gasteiger partial charge in [-0.3, -0.25) is 4.90 Å². The van der Waals surface area contributed by atoms with E-state index in [4.69, 9.17) is 9.84 Å². The van der Waals surface area contributed by atoms with Gasteiger partial charge in [-0.25, -0.2) is 0 Å². The quantitative estimate of drug-likeness (QED) is 0.574. The van der Waals surface area contributed by atoms with E-state index in [2.05, 4.69) is 4.90 Å². The second kappa shape index (κ2) is 3.09. The first kappa shape index (κ1) is 7.53. The molecule has 2 rings (SSSR count). The van der Waals surface area contributed by atoms with Crippen LogP contribution in [0, 0.1) is 0 Å². The highest BCUT2D eigenvalue weighted by molar-refractivity contribution is 4.85. The van der Waals surface area contributed by atoms with Gasteiger partial charge in [-0.1, -0.05) is 0 Å². The Morgan fingerprint density at radius 3 is 2.36 bits per heavy atom. The Morgan fingerprint density at radius 2 is 1.82 bits per heavy atom. The van der Waals surface area contributed by atoms with Crippen LogP contribution in [-0.2, 0) is 4.74 Å². The van der Waals surface area contributed by atoms with Crippen LogP contribution in [0.25, 0.3) is 0 Å². The van der Waals surface area contributed by atoms with Crippen LogP contribution < -0.4 is 0 Å². The van der Waals surface area contributed by atoms with Crippen molar-refractivity contribution < 1.29 is 9.84 Å². The molecule has 2 aliphatic rings. The second-order valence-corrected chi connectivity index (χ2v) is 3.45. The molecule has 0 spiro atoms. The van der Waals surface area contributed by atoms with Crippen molar-refractivity contribution in [2.45, 2.75) is 25.0 Å². The van der Waals surface area contributed by atoms with Crippen LogP contribution in [-0.4, -0.2) is 48.5 Å². The molecular weight excluding hydrogens is 142 g/mol. The largest absolute Gasteiger partial charge is 0.390 e. The molecule has 2 fully saturated rings. The maximum Gasteiger partial charge on any atom is 0.0794 e. The third-order valence-corrected chi connectivity index (χ3v) is 2.60. The van der Waals surface area contributed by atoms with Gasteiger partial charge in [0.05, 0.1) is 6.10 Å². The molecule has 0 radical (unpaired) electrons. The Kier molecular flexibility index (Phi) is 2.11. The van der Waals surface area contributed by atoms with Crippen LogP contribution in [0.2, 0.25) is 0 Å². The van der Waals surface area contributed by atoms with E-state index in [0.29, 0.717) is 6.04 Å². The minimum absolute atomic E-state index is 0.0576. The van der Waals surface area contributed by atoms with Crippen LogP contribution in [0.3, 0.4) is 0 Å². The summed E-state index contributed by atoms with van der Waals surface area (Å²) in [6, 6.07) is 0.687. The van der Waals surface area contributed by atoms with Crippen molar-refractivity contribution in [3.8, 4) is 0 Å². The number of nitrogens with zero attached hydrogens (tertiary/aromatic N) is 1. The first-order chi connectivity index (χ1) is 5.36. The Labute approximate surface area is 66.9 Å². The van der Waals surface area contributed by atoms with E-state index in [-0.39, 0.29) is 6.10 Å². The molecule has 2 saturated heterocycles. The summed E-state index contributed by atoms with van der Waals surface area (Å²) in [5.41, 5.74) is 0. The molecule has 3 heteroatoms. The number of hydrogen-bond donors (Lipinski definition) is 1. The molecular formula is C8H15NO2. The molecule has 0 atom stereocenters. The van der Waals surface area contributed by atoms with Gasteiger partial charge in [0, 0.05) is 32.3 Å². The molecule has 0 amide bonds. The maximum absolute atomic E-state index is 9.08. The van der Waals surface area contributed by atoms with E-state index < -0.39 is 0 Å². The standard InChI is InChI=1S/C8H15NO2/c10-8-5-9(6-8)7-1-3-11-4-2-7/h7-8,10H,1-6H2. The minimum Gasteiger partial charge on any atom is -0.390 e. The topological polar surface area (TPSA) is 32.7 Å². The highest BCUT2D eigenvalue weighted by Crippen LogP contribution is 2.19. The van der Waals surface area contributed by atoms with Gasteiger partial charge < -0.3 is 9.84 Å². The van der Waals surface area contributed by atoms with Gasteiger partial charge in [0.25, 0.3) is 0 Å². The van der Waals surface area contributed by atoms with Gasteiger partial charge in [0.15, 0.2) is 0 Å². The fourth-order valence-corrected chi connectivity index (χ4v) is 1.84. The summed E-state index contributed by atoms with van der Waals surface area (Å²) in [5.74, 6) is 0. The van der Waals surface area contributed by atoms with Crippen LogP contribution in [0.15, 0.2) is 0 Å². The summed E-state index contributed by atoms with van der Waals surface area (Å²) in [7, 11) is 0. The number of aliphatic hydroxyl groups is 1. The fraction of sp³-hybridized carbons (Fsp3) is 1.00. The molecule has 1 N–H and O–H groups in total. The molecule has 0 aromatic carbocycles. The predicted octanol–water partition coefficient (Wildman–Crippen LogP) is -0.158. The second-order valence-electron chi connectivity index (χ2n) is 3.45. The van der Waals surface area contributed by atoms with Gasteiger partial charge in [0.2, 0.25) is 0 Å². The Morgan fingerprint density at radius 1 is 1.18 bits per heavy atom. The van der Waals surface area contributed by atoms with Crippen molar-refractivity contribution in [3.05, 3.63) is 0 Å². The van der Waals surface area contributed by atoms with Crippen molar-refractivity contribution in [2.24, 2.45) is 0 Å². The average molecular weight is 157 g/mol. The third kappa shape index (κ3) is 1.55. The van der Waals surface area contributed by atoms with Crippen LogP contribution in [0.5, 0.6) is 0 Å². The Bertz CT molecular complexity index is 128. The molecule has 64 valence electrons. The van der Waals surface area contributed by atoms with Crippen LogP contribution >= 0.6 is 0 Å². The summed E-state index contributed by atoms with van der Waals surface area (Å²) in [6.07, 6.45) is 2.23. The van der Waals surface area contributed by atoms with Gasteiger partial charge in [0.1, 0.15) is 0 Å². The number of hydrogen-bond acceptors (Lipinski definition) is 3. The van der Waals surface area contributed by atoms with Gasteiger partial charge >= 0.3 is 0 Å². The summed E-state index contributed by atoms with van der Waals surface area (Å²) in [6.45, 7) is 3.56. The molecule has 11 heavy (non-hydrogen) atoms. The van der Waals surface area contributed by atoms with Crippen molar-refractivity contribution in [1.82, 2.24) is 4.90 Å². The summed E-state index contributed by atoms with van der Waals surface area (Å²) in [5, 5.41) is 9.08. The predicted molar refractivity (Wildman–Crippen MR) is 41.4 cm³/mol. The van der Waals surface area contributed by atoms with E-state index in [1.807, 2.05) is 0 Å². The number of aliphatic hydroxyl groups excluding tert-OH is 1. The van der Waals surface area contributed by atoms with E-state index >= 15 is 0 Å². The smallest absolute Gasteiger partial charge is 0.0794 e. The normalized spacial score (nSPS) is 30.3. The fourth-order valence-electron chi connectivity index (χ4n) is 1.84. The lowest BCUT2D eigenvalue weighted by molar-refractivity contribution is -0.0557. The molecule has 0 saturated carbocycles. The number of rotatable bonds is 1. The number of likely N-dealkylation sites (tertiary alicyclic amines) is 1. The highest BCUT2D eigenvalue weighted by atomic mass is 16.5. The molecule has 2 aliphatic heterocycles. The summed E-state index contributed by atoms with van der Waals surface area (Å²) >= 11 is 0. The van der Waals surface area contributed by atoms with E-state index in [0.717, 1.165) is 39.1 Å². The van der Waals surface area contributed by atoms with Gasteiger partial charge in [-0.05, 0) is 12.8 Å². The molecule has 0 unspecified atom stereocenters. The van der Waals surface area contributed by atoms with E-state index in [9.17, 15) is 0 Å². The first-order valence-corrected chi connectivity index (χ1v) is 4.36. The monoisotopic (exact) mass is 157 g/mol. The molecule has 2 heterocycles. The van der Waals surface area contributed by atoms with Crippen molar-refractivity contribution >= 4 is 0 Å². The van der Waals surface area contributed by atoms with Crippen LogP contribution in [0.4, 0.5) is 0 Å². The summed E-state index contributed by atoms with van der Waals surface area (Å²) in [4.78, 5) is 2.35. The third-order valence-electron chi connectivity index (χ3n) is 2.60. The summed E-state index contributed by atoms with van der Waals surface area (Å²) < 4.78 is 5.26. The zero-order chi connectivity index (χ0) is 7.68. The number of ether oxygens (including phenoxy) is 1. The lowest BCUT2D eigenvalue weighted by Gasteiger charge is -2.43. The average Bonchev–Trinajstić information content (AvgIpc) is 2.01. The minimum atomic E-state index is -0.0576. The van der Waals surface area contributed by atoms with E-state index in [1.165, 1.54) is 0 Å². The van der Waals surface area contributed by atoms with Crippen LogP contribution in [0.1, 0.15) is 12.8 Å². The zero-order valence-corrected chi connectivity index (χ0v) is 6.70. The Balaban J connectivity index is 1.76. The lowest BCUT2D eigenvalue weighted by Crippen LogP contribution is -2.56.